The van der Waals surface area contributed by atoms with Crippen LogP contribution < -0.4 is 10.2 Å². The predicted octanol–water partition coefficient (Wildman–Crippen LogP) is 4.68. The molecule has 2 fully saturated rings. The Bertz CT molecular complexity index is 792. The number of piperidine rings is 1. The fourth-order valence-electron chi connectivity index (χ4n) is 4.33. The van der Waals surface area contributed by atoms with Gasteiger partial charge in [-0.15, -0.1) is 0 Å². The lowest BCUT2D eigenvalue weighted by Gasteiger charge is -2.34. The highest BCUT2D eigenvalue weighted by atomic mass is 32.2. The lowest BCUT2D eigenvalue weighted by atomic mass is 9.96. The van der Waals surface area contributed by atoms with E-state index in [1.165, 1.54) is 25.7 Å². The Balaban J connectivity index is 1.42. The van der Waals surface area contributed by atoms with Crippen molar-refractivity contribution in [3.8, 4) is 0 Å². The predicted molar refractivity (Wildman–Crippen MR) is 117 cm³/mol. The molecule has 0 bridgehead atoms. The van der Waals surface area contributed by atoms with Crippen LogP contribution in [0.3, 0.4) is 0 Å². The standard InChI is InChI=1S/C23H30N4OS/c28-22(26-19-10-4-1-2-5-11-19)18-9-8-16-27(17-18)21-23(25-15-14-24-21)29-20-12-6-3-7-13-20/h3,6-7,12-15,18-19H,1-2,4-5,8-11,16-17H2,(H,26,28)/t18-/m1/s1. The molecule has 2 aliphatic rings. The van der Waals surface area contributed by atoms with E-state index < -0.39 is 0 Å². The van der Waals surface area contributed by atoms with Gasteiger partial charge < -0.3 is 10.2 Å². The summed E-state index contributed by atoms with van der Waals surface area (Å²) in [5, 5.41) is 4.25. The van der Waals surface area contributed by atoms with E-state index in [1.807, 2.05) is 18.2 Å². The van der Waals surface area contributed by atoms with E-state index in [2.05, 4.69) is 32.3 Å². The van der Waals surface area contributed by atoms with E-state index in [-0.39, 0.29) is 11.8 Å². The molecule has 0 unspecified atom stereocenters. The van der Waals surface area contributed by atoms with E-state index >= 15 is 0 Å². The van der Waals surface area contributed by atoms with Gasteiger partial charge in [0.25, 0.3) is 0 Å². The third-order valence-corrected chi connectivity index (χ3v) is 6.89. The number of nitrogens with zero attached hydrogens (tertiary/aromatic N) is 3. The SMILES string of the molecule is O=C(NC1CCCCCC1)[C@@H]1CCCN(c2nccnc2Sc2ccccc2)C1. The minimum absolute atomic E-state index is 0.0311. The summed E-state index contributed by atoms with van der Waals surface area (Å²) in [6, 6.07) is 10.6. The number of hydrogen-bond donors (Lipinski definition) is 1. The van der Waals surface area contributed by atoms with Gasteiger partial charge in [-0.3, -0.25) is 4.79 Å². The highest BCUT2D eigenvalue weighted by Crippen LogP contribution is 2.34. The van der Waals surface area contributed by atoms with Crippen molar-refractivity contribution in [2.45, 2.75) is 67.3 Å². The monoisotopic (exact) mass is 410 g/mol. The third-order valence-electron chi connectivity index (χ3n) is 5.90. The van der Waals surface area contributed by atoms with Crippen molar-refractivity contribution < 1.29 is 4.79 Å². The number of nitrogens with one attached hydrogen (secondary N) is 1. The van der Waals surface area contributed by atoms with Crippen molar-refractivity contribution >= 4 is 23.5 Å². The second kappa shape index (κ2) is 10.1. The summed E-state index contributed by atoms with van der Waals surface area (Å²) >= 11 is 1.63. The second-order valence-electron chi connectivity index (χ2n) is 8.08. The van der Waals surface area contributed by atoms with Gasteiger partial charge in [-0.2, -0.15) is 0 Å². The molecule has 2 aromatic rings. The molecule has 1 aliphatic heterocycles. The van der Waals surface area contributed by atoms with Crippen LogP contribution in [0.2, 0.25) is 0 Å². The van der Waals surface area contributed by atoms with E-state index in [0.717, 1.165) is 54.5 Å². The molecular weight excluding hydrogens is 380 g/mol. The number of anilines is 1. The molecule has 154 valence electrons. The van der Waals surface area contributed by atoms with Crippen LogP contribution in [-0.2, 0) is 4.79 Å². The molecule has 2 heterocycles. The number of rotatable bonds is 5. The zero-order valence-electron chi connectivity index (χ0n) is 16.9. The van der Waals surface area contributed by atoms with Gasteiger partial charge in [-0.1, -0.05) is 55.6 Å². The molecule has 1 atom stereocenters. The number of carbonyl (C=O) groups excluding carboxylic acids is 1. The molecule has 1 saturated heterocycles. The Labute approximate surface area is 177 Å². The third kappa shape index (κ3) is 5.50. The maximum atomic E-state index is 13.0. The molecule has 1 N–H and O–H groups in total. The van der Waals surface area contributed by atoms with Crippen LogP contribution in [0.15, 0.2) is 52.6 Å². The van der Waals surface area contributed by atoms with Crippen LogP contribution in [0.25, 0.3) is 0 Å². The zero-order chi connectivity index (χ0) is 19.9. The molecule has 1 amide bonds. The van der Waals surface area contributed by atoms with Crippen molar-refractivity contribution in [2.75, 3.05) is 18.0 Å². The van der Waals surface area contributed by atoms with Gasteiger partial charge in [-0.05, 0) is 37.8 Å². The van der Waals surface area contributed by atoms with Gasteiger partial charge in [-0.25, -0.2) is 9.97 Å². The van der Waals surface area contributed by atoms with Crippen LogP contribution in [0.4, 0.5) is 5.82 Å². The summed E-state index contributed by atoms with van der Waals surface area (Å²) in [5.41, 5.74) is 0. The Kier molecular flexibility index (Phi) is 7.04. The molecule has 5 nitrogen and oxygen atoms in total. The van der Waals surface area contributed by atoms with Crippen LogP contribution >= 0.6 is 11.8 Å². The summed E-state index contributed by atoms with van der Waals surface area (Å²) in [6.07, 6.45) is 12.8. The maximum Gasteiger partial charge on any atom is 0.225 e. The number of aromatic nitrogens is 2. The van der Waals surface area contributed by atoms with Crippen LogP contribution in [0.5, 0.6) is 0 Å². The van der Waals surface area contributed by atoms with Crippen LogP contribution in [0.1, 0.15) is 51.4 Å². The fourth-order valence-corrected chi connectivity index (χ4v) is 5.24. The fraction of sp³-hybridized carbons (Fsp3) is 0.522. The summed E-state index contributed by atoms with van der Waals surface area (Å²) in [7, 11) is 0. The van der Waals surface area contributed by atoms with Gasteiger partial charge in [0.05, 0.1) is 5.92 Å². The quantitative estimate of drug-likeness (QED) is 0.725. The van der Waals surface area contributed by atoms with Crippen LogP contribution in [0, 0.1) is 5.92 Å². The Morgan fingerprint density at radius 1 is 0.966 bits per heavy atom. The molecule has 1 aliphatic carbocycles. The summed E-state index contributed by atoms with van der Waals surface area (Å²) in [5.74, 6) is 1.15. The lowest BCUT2D eigenvalue weighted by Crippen LogP contribution is -2.46. The molecule has 1 saturated carbocycles. The summed E-state index contributed by atoms with van der Waals surface area (Å²) in [4.78, 5) is 25.6. The van der Waals surface area contributed by atoms with E-state index in [9.17, 15) is 4.79 Å². The van der Waals surface area contributed by atoms with E-state index in [0.29, 0.717) is 6.04 Å². The van der Waals surface area contributed by atoms with Crippen LogP contribution in [-0.4, -0.2) is 35.0 Å². The molecule has 0 spiro atoms. The average Bonchev–Trinajstić information content (AvgIpc) is 3.04. The van der Waals surface area contributed by atoms with Gasteiger partial charge in [0.1, 0.15) is 5.03 Å². The average molecular weight is 411 g/mol. The first-order chi connectivity index (χ1) is 14.3. The molecule has 6 heteroatoms. The normalized spacial score (nSPS) is 20.8. The molecule has 1 aromatic carbocycles. The van der Waals surface area contributed by atoms with E-state index in [1.54, 1.807) is 24.2 Å². The second-order valence-corrected chi connectivity index (χ2v) is 9.14. The van der Waals surface area contributed by atoms with Crippen molar-refractivity contribution in [3.63, 3.8) is 0 Å². The Hall–Kier alpha value is -2.08. The molecule has 1 aromatic heterocycles. The van der Waals surface area contributed by atoms with Crippen molar-refractivity contribution in [3.05, 3.63) is 42.7 Å². The zero-order valence-corrected chi connectivity index (χ0v) is 17.7. The number of carbonyl (C=O) groups is 1. The molecule has 4 rings (SSSR count). The number of hydrogen-bond acceptors (Lipinski definition) is 5. The largest absolute Gasteiger partial charge is 0.354 e. The van der Waals surface area contributed by atoms with Crippen molar-refractivity contribution in [1.82, 2.24) is 15.3 Å². The Morgan fingerprint density at radius 2 is 1.72 bits per heavy atom. The van der Waals surface area contributed by atoms with Gasteiger partial charge in [0.2, 0.25) is 5.91 Å². The summed E-state index contributed by atoms with van der Waals surface area (Å²) in [6.45, 7) is 1.65. The number of amides is 1. The lowest BCUT2D eigenvalue weighted by molar-refractivity contribution is -0.126. The van der Waals surface area contributed by atoms with Gasteiger partial charge >= 0.3 is 0 Å². The maximum absolute atomic E-state index is 13.0. The Morgan fingerprint density at radius 3 is 2.52 bits per heavy atom. The van der Waals surface area contributed by atoms with Gasteiger partial charge in [0.15, 0.2) is 5.82 Å². The first-order valence-electron chi connectivity index (χ1n) is 10.9. The highest BCUT2D eigenvalue weighted by Gasteiger charge is 2.29. The number of benzene rings is 1. The highest BCUT2D eigenvalue weighted by molar-refractivity contribution is 7.99. The topological polar surface area (TPSA) is 58.1 Å². The first kappa shape index (κ1) is 20.2. The van der Waals surface area contributed by atoms with E-state index in [4.69, 9.17) is 0 Å². The minimum atomic E-state index is 0.0311. The molecule has 29 heavy (non-hydrogen) atoms. The van der Waals surface area contributed by atoms with Gasteiger partial charge in [0, 0.05) is 36.4 Å². The smallest absolute Gasteiger partial charge is 0.225 e. The molecule has 0 radical (unpaired) electrons. The minimum Gasteiger partial charge on any atom is -0.354 e. The van der Waals surface area contributed by atoms with Crippen molar-refractivity contribution in [2.24, 2.45) is 5.92 Å². The van der Waals surface area contributed by atoms with Crippen molar-refractivity contribution in [1.29, 1.82) is 0 Å². The first-order valence-corrected chi connectivity index (χ1v) is 11.7. The molecular formula is C23H30N4OS. The summed E-state index contributed by atoms with van der Waals surface area (Å²) < 4.78 is 0.